The van der Waals surface area contributed by atoms with E-state index in [1.54, 1.807) is 6.20 Å². The maximum atomic E-state index is 12.0. The van der Waals surface area contributed by atoms with E-state index in [2.05, 4.69) is 30.9 Å². The van der Waals surface area contributed by atoms with Crippen LogP contribution in [-0.2, 0) is 0 Å². The van der Waals surface area contributed by atoms with Crippen molar-refractivity contribution in [3.05, 3.63) is 42.2 Å². The van der Waals surface area contributed by atoms with Crippen molar-refractivity contribution in [3.63, 3.8) is 0 Å². The number of aromatic amines is 1. The van der Waals surface area contributed by atoms with Gasteiger partial charge in [0.2, 0.25) is 0 Å². The Labute approximate surface area is 101 Å². The van der Waals surface area contributed by atoms with E-state index < -0.39 is 0 Å². The van der Waals surface area contributed by atoms with Gasteiger partial charge in [0.05, 0.1) is 0 Å². The summed E-state index contributed by atoms with van der Waals surface area (Å²) in [7, 11) is 0. The summed E-state index contributed by atoms with van der Waals surface area (Å²) in [6.45, 7) is 0. The fourth-order valence-electron chi connectivity index (χ4n) is 1.68. The number of anilines is 1. The summed E-state index contributed by atoms with van der Waals surface area (Å²) in [6, 6.07) is 9.37. The van der Waals surface area contributed by atoms with E-state index in [-0.39, 0.29) is 11.9 Å². The molecule has 2 N–H and O–H groups in total. The molecule has 0 atom stereocenters. The summed E-state index contributed by atoms with van der Waals surface area (Å²) in [5.41, 5.74) is 0.331. The first-order valence-electron chi connectivity index (χ1n) is 5.23. The number of fused-ring (bicyclic) bond motifs is 1. The molecular formula is C11H8N6O. The number of benzene rings is 1. The molecule has 0 radical (unpaired) electrons. The molecule has 0 spiro atoms. The lowest BCUT2D eigenvalue weighted by Gasteiger charge is -2.03. The fourth-order valence-corrected chi connectivity index (χ4v) is 1.68. The third-order valence-electron chi connectivity index (χ3n) is 2.46. The van der Waals surface area contributed by atoms with Crippen molar-refractivity contribution in [1.82, 2.24) is 25.6 Å². The topological polar surface area (TPSA) is 96.5 Å². The predicted molar refractivity (Wildman–Crippen MR) is 63.9 cm³/mol. The zero-order chi connectivity index (χ0) is 12.4. The number of H-pyrrole nitrogens is 1. The molecule has 3 rings (SSSR count). The van der Waals surface area contributed by atoms with Crippen molar-refractivity contribution in [3.8, 4) is 0 Å². The van der Waals surface area contributed by atoms with Gasteiger partial charge in [-0.2, -0.15) is 5.21 Å². The molecule has 1 aromatic carbocycles. The monoisotopic (exact) mass is 240 g/mol. The molecule has 2 aromatic heterocycles. The minimum Gasteiger partial charge on any atom is -0.286 e. The largest absolute Gasteiger partial charge is 0.286 e. The van der Waals surface area contributed by atoms with Gasteiger partial charge in [-0.1, -0.05) is 29.4 Å². The van der Waals surface area contributed by atoms with E-state index in [0.29, 0.717) is 5.69 Å². The van der Waals surface area contributed by atoms with E-state index >= 15 is 0 Å². The molecule has 3 aromatic rings. The second kappa shape index (κ2) is 4.21. The van der Waals surface area contributed by atoms with Crippen LogP contribution in [-0.4, -0.2) is 31.5 Å². The molecular weight excluding hydrogens is 232 g/mol. The maximum Gasteiger partial charge on any atom is 0.277 e. The number of carbonyl (C=O) groups excluding carboxylic acids is 1. The van der Waals surface area contributed by atoms with Crippen LogP contribution in [0.4, 0.5) is 5.95 Å². The van der Waals surface area contributed by atoms with Crippen LogP contribution in [0.3, 0.4) is 0 Å². The number of rotatable bonds is 2. The standard InChI is InChI=1S/C11H8N6O/c18-10(13-11-14-16-17-15-11)9-8-4-2-1-3-7(8)5-6-12-9/h1-6H,(H2,13,14,15,16,17,18). The van der Waals surface area contributed by atoms with Gasteiger partial charge >= 0.3 is 0 Å². The third kappa shape index (κ3) is 1.77. The van der Waals surface area contributed by atoms with E-state index in [0.717, 1.165) is 10.8 Å². The summed E-state index contributed by atoms with van der Waals surface area (Å²) < 4.78 is 0. The summed E-state index contributed by atoms with van der Waals surface area (Å²) in [4.78, 5) is 16.1. The van der Waals surface area contributed by atoms with Gasteiger partial charge in [0.15, 0.2) is 0 Å². The minimum atomic E-state index is -0.367. The third-order valence-corrected chi connectivity index (χ3v) is 2.46. The number of nitrogens with one attached hydrogen (secondary N) is 2. The smallest absolute Gasteiger partial charge is 0.277 e. The van der Waals surface area contributed by atoms with Gasteiger partial charge in [-0.15, -0.1) is 5.10 Å². The number of aromatic nitrogens is 5. The van der Waals surface area contributed by atoms with Crippen molar-refractivity contribution >= 4 is 22.6 Å². The Morgan fingerprint density at radius 1 is 1.22 bits per heavy atom. The van der Waals surface area contributed by atoms with Gasteiger partial charge in [0.1, 0.15) is 5.69 Å². The van der Waals surface area contributed by atoms with E-state index in [4.69, 9.17) is 0 Å². The molecule has 1 amide bonds. The Morgan fingerprint density at radius 3 is 2.94 bits per heavy atom. The van der Waals surface area contributed by atoms with Crippen LogP contribution in [0.15, 0.2) is 36.5 Å². The second-order valence-electron chi connectivity index (χ2n) is 3.57. The lowest BCUT2D eigenvalue weighted by Crippen LogP contribution is -2.15. The van der Waals surface area contributed by atoms with Gasteiger partial charge < -0.3 is 0 Å². The molecule has 7 nitrogen and oxygen atoms in total. The van der Waals surface area contributed by atoms with Crippen LogP contribution in [0.5, 0.6) is 0 Å². The molecule has 0 aliphatic heterocycles. The Morgan fingerprint density at radius 2 is 2.11 bits per heavy atom. The lowest BCUT2D eigenvalue weighted by atomic mass is 10.1. The summed E-state index contributed by atoms with van der Waals surface area (Å²) in [5, 5.41) is 17.2. The van der Waals surface area contributed by atoms with Gasteiger partial charge in [-0.25, -0.2) is 0 Å². The molecule has 0 bridgehead atoms. The van der Waals surface area contributed by atoms with Crippen LogP contribution >= 0.6 is 0 Å². The van der Waals surface area contributed by atoms with Crippen molar-refractivity contribution < 1.29 is 4.79 Å². The molecule has 0 unspecified atom stereocenters. The predicted octanol–water partition coefficient (Wildman–Crippen LogP) is 1.00. The highest BCUT2D eigenvalue weighted by molar-refractivity contribution is 6.10. The first-order valence-corrected chi connectivity index (χ1v) is 5.23. The van der Waals surface area contributed by atoms with Gasteiger partial charge in [-0.05, 0) is 16.7 Å². The molecule has 0 saturated carbocycles. The second-order valence-corrected chi connectivity index (χ2v) is 3.57. The van der Waals surface area contributed by atoms with Crippen LogP contribution < -0.4 is 5.32 Å². The number of carbonyl (C=O) groups is 1. The number of amides is 1. The normalized spacial score (nSPS) is 10.4. The average Bonchev–Trinajstić information content (AvgIpc) is 2.91. The summed E-state index contributed by atoms with van der Waals surface area (Å²) in [6.07, 6.45) is 1.59. The Balaban J connectivity index is 2.01. The molecule has 0 aliphatic rings. The zero-order valence-corrected chi connectivity index (χ0v) is 9.16. The number of tetrazole rings is 1. The van der Waals surface area contributed by atoms with Gasteiger partial charge in [0, 0.05) is 11.6 Å². The molecule has 7 heteroatoms. The first-order chi connectivity index (χ1) is 8.84. The van der Waals surface area contributed by atoms with Crippen LogP contribution in [0.1, 0.15) is 10.5 Å². The number of hydrogen-bond acceptors (Lipinski definition) is 5. The number of nitrogens with zero attached hydrogens (tertiary/aromatic N) is 4. The SMILES string of the molecule is O=C(Nc1nn[nH]n1)c1nccc2ccccc12. The number of hydrogen-bond donors (Lipinski definition) is 2. The Hall–Kier alpha value is -2.83. The first kappa shape index (κ1) is 10.3. The maximum absolute atomic E-state index is 12.0. The highest BCUT2D eigenvalue weighted by Crippen LogP contribution is 2.16. The molecule has 0 saturated heterocycles. The molecule has 0 fully saturated rings. The summed E-state index contributed by atoms with van der Waals surface area (Å²) >= 11 is 0. The van der Waals surface area contributed by atoms with E-state index in [1.165, 1.54) is 0 Å². The highest BCUT2D eigenvalue weighted by Gasteiger charge is 2.13. The van der Waals surface area contributed by atoms with Crippen molar-refractivity contribution in [2.75, 3.05) is 5.32 Å². The summed E-state index contributed by atoms with van der Waals surface area (Å²) in [5.74, 6) is -0.247. The Kier molecular flexibility index (Phi) is 2.41. The molecule has 88 valence electrons. The van der Waals surface area contributed by atoms with Gasteiger partial charge in [0.25, 0.3) is 11.9 Å². The van der Waals surface area contributed by atoms with Crippen LogP contribution in [0, 0.1) is 0 Å². The number of pyridine rings is 1. The van der Waals surface area contributed by atoms with E-state index in [1.807, 2.05) is 30.3 Å². The van der Waals surface area contributed by atoms with Crippen LogP contribution in [0.25, 0.3) is 10.8 Å². The molecule has 18 heavy (non-hydrogen) atoms. The average molecular weight is 240 g/mol. The Bertz CT molecular complexity index is 688. The quantitative estimate of drug-likeness (QED) is 0.696. The highest BCUT2D eigenvalue weighted by atomic mass is 16.2. The zero-order valence-electron chi connectivity index (χ0n) is 9.16. The van der Waals surface area contributed by atoms with Crippen molar-refractivity contribution in [2.24, 2.45) is 0 Å². The molecule has 2 heterocycles. The van der Waals surface area contributed by atoms with E-state index in [9.17, 15) is 4.79 Å². The van der Waals surface area contributed by atoms with Crippen molar-refractivity contribution in [1.29, 1.82) is 0 Å². The van der Waals surface area contributed by atoms with Crippen molar-refractivity contribution in [2.45, 2.75) is 0 Å². The van der Waals surface area contributed by atoms with Gasteiger partial charge in [-0.3, -0.25) is 15.1 Å². The van der Waals surface area contributed by atoms with Crippen LogP contribution in [0.2, 0.25) is 0 Å². The fraction of sp³-hybridized carbons (Fsp3) is 0. The minimum absolute atomic E-state index is 0.120. The lowest BCUT2D eigenvalue weighted by molar-refractivity contribution is 0.102. The molecule has 0 aliphatic carbocycles.